The number of aryl methyl sites for hydroxylation is 1. The van der Waals surface area contributed by atoms with E-state index in [0.717, 1.165) is 29.2 Å². The first-order chi connectivity index (χ1) is 8.63. The Bertz CT molecular complexity index is 567. The number of benzene rings is 1. The van der Waals surface area contributed by atoms with Crippen molar-refractivity contribution in [3.05, 3.63) is 41.5 Å². The molecule has 0 aliphatic heterocycles. The molecule has 1 N–H and O–H groups in total. The van der Waals surface area contributed by atoms with Gasteiger partial charge in [-0.15, -0.1) is 0 Å². The molecule has 0 aliphatic carbocycles. The van der Waals surface area contributed by atoms with Gasteiger partial charge in [-0.25, -0.2) is 14.4 Å². The maximum absolute atomic E-state index is 13.6. The lowest BCUT2D eigenvalue weighted by molar-refractivity contribution is 0.619. The quantitative estimate of drug-likeness (QED) is 0.901. The first-order valence-electron chi connectivity index (χ1n) is 5.95. The Labute approximate surface area is 106 Å². The average molecular weight is 245 g/mol. The van der Waals surface area contributed by atoms with Gasteiger partial charge in [0.25, 0.3) is 0 Å². The van der Waals surface area contributed by atoms with Crippen molar-refractivity contribution in [2.45, 2.75) is 20.8 Å². The van der Waals surface area contributed by atoms with E-state index in [1.807, 2.05) is 19.9 Å². The number of halogens is 1. The van der Waals surface area contributed by atoms with Crippen molar-refractivity contribution in [1.82, 2.24) is 9.97 Å². The van der Waals surface area contributed by atoms with Crippen LogP contribution in [0.1, 0.15) is 18.1 Å². The van der Waals surface area contributed by atoms with Crippen LogP contribution in [0.3, 0.4) is 0 Å². The fraction of sp³-hybridized carbons (Fsp3) is 0.286. The van der Waals surface area contributed by atoms with Crippen molar-refractivity contribution in [1.29, 1.82) is 0 Å². The molecule has 1 aromatic carbocycles. The highest BCUT2D eigenvalue weighted by molar-refractivity contribution is 5.68. The summed E-state index contributed by atoms with van der Waals surface area (Å²) < 4.78 is 13.6. The maximum Gasteiger partial charge on any atom is 0.132 e. The maximum atomic E-state index is 13.6. The van der Waals surface area contributed by atoms with Crippen LogP contribution in [0.4, 0.5) is 10.2 Å². The number of hydrogen-bond acceptors (Lipinski definition) is 3. The Hall–Kier alpha value is -1.97. The number of aromatic nitrogens is 2. The third-order valence-electron chi connectivity index (χ3n) is 2.87. The number of hydrogen-bond donors (Lipinski definition) is 1. The topological polar surface area (TPSA) is 37.8 Å². The number of rotatable bonds is 3. The van der Waals surface area contributed by atoms with Gasteiger partial charge in [-0.2, -0.15) is 0 Å². The van der Waals surface area contributed by atoms with E-state index < -0.39 is 0 Å². The highest BCUT2D eigenvalue weighted by Crippen LogP contribution is 2.25. The van der Waals surface area contributed by atoms with E-state index in [0.29, 0.717) is 5.56 Å². The predicted molar refractivity (Wildman–Crippen MR) is 71.1 cm³/mol. The first kappa shape index (κ1) is 12.5. The summed E-state index contributed by atoms with van der Waals surface area (Å²) in [6, 6.07) is 5.16. The molecule has 0 atom stereocenters. The minimum atomic E-state index is -0.212. The van der Waals surface area contributed by atoms with Gasteiger partial charge in [0.1, 0.15) is 18.0 Å². The zero-order chi connectivity index (χ0) is 13.1. The van der Waals surface area contributed by atoms with E-state index in [1.54, 1.807) is 13.0 Å². The van der Waals surface area contributed by atoms with Crippen molar-refractivity contribution in [3.63, 3.8) is 0 Å². The third-order valence-corrected chi connectivity index (χ3v) is 2.87. The third kappa shape index (κ3) is 2.32. The normalized spacial score (nSPS) is 10.4. The molecule has 0 radical (unpaired) electrons. The van der Waals surface area contributed by atoms with Crippen LogP contribution in [0.5, 0.6) is 0 Å². The van der Waals surface area contributed by atoms with Gasteiger partial charge in [0.05, 0.1) is 5.69 Å². The second-order valence-electron chi connectivity index (χ2n) is 4.19. The Kier molecular flexibility index (Phi) is 3.55. The van der Waals surface area contributed by atoms with Crippen molar-refractivity contribution in [2.24, 2.45) is 0 Å². The largest absolute Gasteiger partial charge is 0.370 e. The lowest BCUT2D eigenvalue weighted by Crippen LogP contribution is -2.03. The smallest absolute Gasteiger partial charge is 0.132 e. The second kappa shape index (κ2) is 5.12. The summed E-state index contributed by atoms with van der Waals surface area (Å²) in [6.07, 6.45) is 1.50. The van der Waals surface area contributed by atoms with Crippen molar-refractivity contribution >= 4 is 5.82 Å². The highest BCUT2D eigenvalue weighted by atomic mass is 19.1. The molecule has 94 valence electrons. The number of anilines is 1. The van der Waals surface area contributed by atoms with Gasteiger partial charge >= 0.3 is 0 Å². The van der Waals surface area contributed by atoms with Gasteiger partial charge in [0, 0.05) is 17.7 Å². The SMILES string of the molecule is CCNc1ncnc(-c2ccc(C)c(F)c2)c1C. The monoisotopic (exact) mass is 245 g/mol. The molecule has 0 spiro atoms. The van der Waals surface area contributed by atoms with E-state index in [2.05, 4.69) is 15.3 Å². The molecule has 1 aromatic heterocycles. The Morgan fingerprint density at radius 3 is 2.67 bits per heavy atom. The molecule has 2 aromatic rings. The summed E-state index contributed by atoms with van der Waals surface area (Å²) in [5.74, 6) is 0.582. The van der Waals surface area contributed by atoms with Crippen LogP contribution < -0.4 is 5.32 Å². The highest BCUT2D eigenvalue weighted by Gasteiger charge is 2.09. The van der Waals surface area contributed by atoms with Crippen LogP contribution in [0.15, 0.2) is 24.5 Å². The summed E-state index contributed by atoms with van der Waals surface area (Å²) in [6.45, 7) is 6.48. The van der Waals surface area contributed by atoms with E-state index >= 15 is 0 Å². The van der Waals surface area contributed by atoms with Crippen LogP contribution in [0.25, 0.3) is 11.3 Å². The lowest BCUT2D eigenvalue weighted by atomic mass is 10.1. The molecule has 3 nitrogen and oxygen atoms in total. The first-order valence-corrected chi connectivity index (χ1v) is 5.95. The van der Waals surface area contributed by atoms with Gasteiger partial charge in [0.2, 0.25) is 0 Å². The fourth-order valence-corrected chi connectivity index (χ4v) is 1.83. The summed E-state index contributed by atoms with van der Waals surface area (Å²) in [5.41, 5.74) is 3.11. The summed E-state index contributed by atoms with van der Waals surface area (Å²) in [7, 11) is 0. The molecule has 0 aliphatic rings. The second-order valence-corrected chi connectivity index (χ2v) is 4.19. The summed E-state index contributed by atoms with van der Waals surface area (Å²) >= 11 is 0. The minimum Gasteiger partial charge on any atom is -0.370 e. The minimum absolute atomic E-state index is 0.212. The molecular formula is C14H16FN3. The number of nitrogens with one attached hydrogen (secondary N) is 1. The zero-order valence-electron chi connectivity index (χ0n) is 10.8. The zero-order valence-corrected chi connectivity index (χ0v) is 10.8. The number of nitrogens with zero attached hydrogens (tertiary/aromatic N) is 2. The predicted octanol–water partition coefficient (Wildman–Crippen LogP) is 3.33. The van der Waals surface area contributed by atoms with E-state index in [1.165, 1.54) is 12.4 Å². The lowest BCUT2D eigenvalue weighted by Gasteiger charge is -2.10. The Morgan fingerprint density at radius 2 is 2.00 bits per heavy atom. The van der Waals surface area contributed by atoms with Gasteiger partial charge in [-0.05, 0) is 32.4 Å². The molecule has 0 bridgehead atoms. The van der Waals surface area contributed by atoms with Crippen LogP contribution in [-0.2, 0) is 0 Å². The molecule has 2 rings (SSSR count). The van der Waals surface area contributed by atoms with Gasteiger partial charge in [0.15, 0.2) is 0 Å². The molecule has 0 unspecified atom stereocenters. The summed E-state index contributed by atoms with van der Waals surface area (Å²) in [5, 5.41) is 3.17. The fourth-order valence-electron chi connectivity index (χ4n) is 1.83. The summed E-state index contributed by atoms with van der Waals surface area (Å²) in [4.78, 5) is 8.42. The van der Waals surface area contributed by atoms with Crippen molar-refractivity contribution < 1.29 is 4.39 Å². The van der Waals surface area contributed by atoms with Gasteiger partial charge in [-0.3, -0.25) is 0 Å². The molecule has 0 saturated heterocycles. The molecule has 0 fully saturated rings. The molecular weight excluding hydrogens is 229 g/mol. The molecule has 0 amide bonds. The van der Waals surface area contributed by atoms with Crippen LogP contribution >= 0.6 is 0 Å². The standard InChI is InChI=1S/C14H16FN3/c1-4-16-14-10(3)13(17-8-18-14)11-6-5-9(2)12(15)7-11/h5-8H,4H2,1-3H3,(H,16,17,18). The molecule has 0 saturated carbocycles. The van der Waals surface area contributed by atoms with Crippen LogP contribution in [0, 0.1) is 19.7 Å². The van der Waals surface area contributed by atoms with Gasteiger partial charge < -0.3 is 5.32 Å². The Morgan fingerprint density at radius 1 is 1.22 bits per heavy atom. The van der Waals surface area contributed by atoms with Crippen molar-refractivity contribution in [2.75, 3.05) is 11.9 Å². The van der Waals surface area contributed by atoms with E-state index in [4.69, 9.17) is 0 Å². The Balaban J connectivity index is 2.50. The van der Waals surface area contributed by atoms with E-state index in [9.17, 15) is 4.39 Å². The van der Waals surface area contributed by atoms with Gasteiger partial charge in [-0.1, -0.05) is 12.1 Å². The molecule has 18 heavy (non-hydrogen) atoms. The molecule has 1 heterocycles. The van der Waals surface area contributed by atoms with Crippen molar-refractivity contribution in [3.8, 4) is 11.3 Å². The van der Waals surface area contributed by atoms with Crippen LogP contribution in [0.2, 0.25) is 0 Å². The average Bonchev–Trinajstić information content (AvgIpc) is 2.36. The van der Waals surface area contributed by atoms with E-state index in [-0.39, 0.29) is 5.82 Å². The van der Waals surface area contributed by atoms with Crippen LogP contribution in [-0.4, -0.2) is 16.5 Å². The molecule has 4 heteroatoms.